The van der Waals surface area contributed by atoms with Crippen molar-refractivity contribution in [3.8, 4) is 5.69 Å². The van der Waals surface area contributed by atoms with Gasteiger partial charge in [0, 0.05) is 11.5 Å². The lowest BCUT2D eigenvalue weighted by molar-refractivity contribution is 0.753. The molecule has 0 unspecified atom stereocenters. The lowest BCUT2D eigenvalue weighted by atomic mass is 10.1. The maximum atomic E-state index is 6.12. The van der Waals surface area contributed by atoms with E-state index in [0.29, 0.717) is 5.88 Å². The van der Waals surface area contributed by atoms with Gasteiger partial charge >= 0.3 is 0 Å². The Morgan fingerprint density at radius 1 is 1.33 bits per heavy atom. The fraction of sp³-hybridized carbons (Fsp3) is 0.333. The Labute approximate surface area is 136 Å². The summed E-state index contributed by atoms with van der Waals surface area (Å²) in [5, 5.41) is 4.47. The monoisotopic (exact) mass is 366 g/mol. The number of nitrogens with zero attached hydrogens (tertiary/aromatic N) is 4. The third-order valence-electron chi connectivity index (χ3n) is 3.65. The highest BCUT2D eigenvalue weighted by molar-refractivity contribution is 9.10. The van der Waals surface area contributed by atoms with Crippen molar-refractivity contribution in [2.75, 3.05) is 0 Å². The standard InChI is InChI=1S/C15H16BrClN4/c1-4-10-7-11(16)5-6-12(10)21-13(8-17)18-14-9(2)19-20(3)15(14)21/h5-7H,4,8H2,1-3H3. The first-order valence-corrected chi connectivity index (χ1v) is 8.15. The van der Waals surface area contributed by atoms with Crippen molar-refractivity contribution in [2.45, 2.75) is 26.1 Å². The van der Waals surface area contributed by atoms with Crippen LogP contribution < -0.4 is 0 Å². The first kappa shape index (κ1) is 14.6. The van der Waals surface area contributed by atoms with Crippen LogP contribution in [-0.2, 0) is 19.3 Å². The Morgan fingerprint density at radius 3 is 2.76 bits per heavy atom. The largest absolute Gasteiger partial charge is 0.280 e. The second-order valence-corrected chi connectivity index (χ2v) is 6.19. The second-order valence-electron chi connectivity index (χ2n) is 5.00. The number of hydrogen-bond acceptors (Lipinski definition) is 2. The molecular weight excluding hydrogens is 352 g/mol. The summed E-state index contributed by atoms with van der Waals surface area (Å²) in [5.74, 6) is 1.22. The van der Waals surface area contributed by atoms with Gasteiger partial charge in [-0.3, -0.25) is 4.57 Å². The third-order valence-corrected chi connectivity index (χ3v) is 4.39. The van der Waals surface area contributed by atoms with Crippen LogP contribution in [0, 0.1) is 6.92 Å². The molecule has 0 amide bonds. The molecule has 6 heteroatoms. The van der Waals surface area contributed by atoms with Crippen LogP contribution in [0.4, 0.5) is 0 Å². The molecule has 0 saturated heterocycles. The Bertz CT molecular complexity index is 819. The minimum absolute atomic E-state index is 0.368. The van der Waals surface area contributed by atoms with Crippen molar-refractivity contribution < 1.29 is 0 Å². The van der Waals surface area contributed by atoms with Gasteiger partial charge in [-0.15, -0.1) is 11.6 Å². The van der Waals surface area contributed by atoms with E-state index in [1.54, 1.807) is 0 Å². The highest BCUT2D eigenvalue weighted by atomic mass is 79.9. The smallest absolute Gasteiger partial charge is 0.163 e. The molecule has 1 aromatic carbocycles. The molecule has 4 nitrogen and oxygen atoms in total. The van der Waals surface area contributed by atoms with Gasteiger partial charge in [0.1, 0.15) is 11.3 Å². The second kappa shape index (κ2) is 5.46. The topological polar surface area (TPSA) is 35.6 Å². The molecule has 3 aromatic rings. The molecular formula is C15H16BrClN4. The molecule has 0 aliphatic heterocycles. The van der Waals surface area contributed by atoms with E-state index in [1.165, 1.54) is 5.56 Å². The molecule has 2 aromatic heterocycles. The van der Waals surface area contributed by atoms with E-state index in [-0.39, 0.29) is 0 Å². The fourth-order valence-electron chi connectivity index (χ4n) is 2.72. The zero-order valence-electron chi connectivity index (χ0n) is 12.2. The van der Waals surface area contributed by atoms with Gasteiger partial charge in [0.2, 0.25) is 0 Å². The number of rotatable bonds is 3. The Hall–Kier alpha value is -1.33. The van der Waals surface area contributed by atoms with Crippen LogP contribution in [0.1, 0.15) is 24.0 Å². The van der Waals surface area contributed by atoms with Gasteiger partial charge in [-0.1, -0.05) is 22.9 Å². The molecule has 0 N–H and O–H groups in total. The SMILES string of the molecule is CCc1cc(Br)ccc1-n1c(CCl)nc2c(C)nn(C)c21. The van der Waals surface area contributed by atoms with Crippen LogP contribution in [0.5, 0.6) is 0 Å². The Morgan fingerprint density at radius 2 is 2.10 bits per heavy atom. The zero-order valence-corrected chi connectivity index (χ0v) is 14.5. The summed E-state index contributed by atoms with van der Waals surface area (Å²) >= 11 is 9.66. The molecule has 0 bridgehead atoms. The third kappa shape index (κ3) is 2.28. The molecule has 0 spiro atoms. The number of imidazole rings is 1. The van der Waals surface area contributed by atoms with E-state index in [4.69, 9.17) is 11.6 Å². The summed E-state index contributed by atoms with van der Waals surface area (Å²) in [5.41, 5.74) is 5.18. The molecule has 110 valence electrons. The number of hydrogen-bond donors (Lipinski definition) is 0. The van der Waals surface area contributed by atoms with E-state index in [1.807, 2.05) is 24.7 Å². The summed E-state index contributed by atoms with van der Waals surface area (Å²) in [6.45, 7) is 4.12. The van der Waals surface area contributed by atoms with Crippen molar-refractivity contribution in [1.29, 1.82) is 0 Å². The van der Waals surface area contributed by atoms with E-state index >= 15 is 0 Å². The summed E-state index contributed by atoms with van der Waals surface area (Å²) in [7, 11) is 1.94. The van der Waals surface area contributed by atoms with Gasteiger partial charge in [0.15, 0.2) is 5.65 Å². The van der Waals surface area contributed by atoms with Crippen molar-refractivity contribution in [3.05, 3.63) is 39.8 Å². The quantitative estimate of drug-likeness (QED) is 0.652. The van der Waals surface area contributed by atoms with E-state index in [2.05, 4.69) is 49.6 Å². The van der Waals surface area contributed by atoms with Gasteiger partial charge in [0.05, 0.1) is 17.3 Å². The van der Waals surface area contributed by atoms with Crippen LogP contribution in [-0.4, -0.2) is 19.3 Å². The molecule has 0 aliphatic rings. The minimum atomic E-state index is 0.368. The van der Waals surface area contributed by atoms with Crippen LogP contribution in [0.3, 0.4) is 0 Å². The molecule has 0 atom stereocenters. The molecule has 21 heavy (non-hydrogen) atoms. The van der Waals surface area contributed by atoms with Crippen molar-refractivity contribution in [1.82, 2.24) is 19.3 Å². The average molecular weight is 368 g/mol. The Kier molecular flexibility index (Phi) is 3.80. The summed E-state index contributed by atoms with van der Waals surface area (Å²) < 4.78 is 5.07. The zero-order chi connectivity index (χ0) is 15.1. The molecule has 0 saturated carbocycles. The van der Waals surface area contributed by atoms with Crippen molar-refractivity contribution in [2.24, 2.45) is 7.05 Å². The van der Waals surface area contributed by atoms with Gasteiger partial charge in [-0.25, -0.2) is 9.67 Å². The number of benzene rings is 1. The van der Waals surface area contributed by atoms with Crippen molar-refractivity contribution in [3.63, 3.8) is 0 Å². The maximum Gasteiger partial charge on any atom is 0.163 e. The highest BCUT2D eigenvalue weighted by Gasteiger charge is 2.19. The maximum absolute atomic E-state index is 6.12. The lowest BCUT2D eigenvalue weighted by Crippen LogP contribution is -2.06. The van der Waals surface area contributed by atoms with Crippen LogP contribution in [0.25, 0.3) is 16.9 Å². The van der Waals surface area contributed by atoms with E-state index < -0.39 is 0 Å². The van der Waals surface area contributed by atoms with E-state index in [0.717, 1.165) is 39.3 Å². The van der Waals surface area contributed by atoms with Crippen LogP contribution >= 0.6 is 27.5 Å². The molecule has 3 rings (SSSR count). The first-order chi connectivity index (χ1) is 10.1. The molecule has 0 fully saturated rings. The highest BCUT2D eigenvalue weighted by Crippen LogP contribution is 2.28. The first-order valence-electron chi connectivity index (χ1n) is 6.82. The van der Waals surface area contributed by atoms with Crippen LogP contribution in [0.2, 0.25) is 0 Å². The van der Waals surface area contributed by atoms with Gasteiger partial charge in [-0.2, -0.15) is 5.10 Å². The molecule has 2 heterocycles. The summed E-state index contributed by atoms with van der Waals surface area (Å²) in [6, 6.07) is 6.28. The number of fused-ring (bicyclic) bond motifs is 1. The number of halogens is 2. The minimum Gasteiger partial charge on any atom is -0.280 e. The van der Waals surface area contributed by atoms with E-state index in [9.17, 15) is 0 Å². The predicted molar refractivity (Wildman–Crippen MR) is 89.2 cm³/mol. The van der Waals surface area contributed by atoms with Gasteiger partial charge < -0.3 is 0 Å². The van der Waals surface area contributed by atoms with Gasteiger partial charge in [0.25, 0.3) is 0 Å². The molecule has 0 aliphatic carbocycles. The van der Waals surface area contributed by atoms with Gasteiger partial charge in [-0.05, 0) is 37.1 Å². The lowest BCUT2D eigenvalue weighted by Gasteiger charge is -2.13. The fourth-order valence-corrected chi connectivity index (χ4v) is 3.30. The van der Waals surface area contributed by atoms with Crippen molar-refractivity contribution >= 4 is 38.7 Å². The van der Waals surface area contributed by atoms with Crippen LogP contribution in [0.15, 0.2) is 22.7 Å². The molecule has 0 radical (unpaired) electrons. The average Bonchev–Trinajstić information content (AvgIpc) is 2.97. The summed E-state index contributed by atoms with van der Waals surface area (Å²) in [6.07, 6.45) is 0.938. The number of alkyl halides is 1. The number of aromatic nitrogens is 4. The number of aryl methyl sites for hydroxylation is 3. The Balaban J connectivity index is 2.38. The predicted octanol–water partition coefficient (Wildman–Crippen LogP) is 4.13. The summed E-state index contributed by atoms with van der Waals surface area (Å²) in [4.78, 5) is 4.66. The normalized spacial score (nSPS) is 11.5.